The van der Waals surface area contributed by atoms with Crippen LogP contribution in [0.15, 0.2) is 15.5 Å². The van der Waals surface area contributed by atoms with E-state index in [1.807, 2.05) is 6.92 Å². The molecule has 2 aromatic heterocycles. The highest BCUT2D eigenvalue weighted by Gasteiger charge is 2.51. The quantitative estimate of drug-likeness (QED) is 0.740. The summed E-state index contributed by atoms with van der Waals surface area (Å²) in [5.41, 5.74) is 5.52. The van der Waals surface area contributed by atoms with Gasteiger partial charge in [0.1, 0.15) is 4.90 Å². The Bertz CT molecular complexity index is 1240. The molecule has 31 heavy (non-hydrogen) atoms. The molecule has 2 amide bonds. The summed E-state index contributed by atoms with van der Waals surface area (Å²) in [7, 11) is -3.50. The number of hydrogen-bond donors (Lipinski definition) is 2. The van der Waals surface area contributed by atoms with Gasteiger partial charge in [-0.15, -0.1) is 4.36 Å². The van der Waals surface area contributed by atoms with Gasteiger partial charge in [0, 0.05) is 17.5 Å². The van der Waals surface area contributed by atoms with E-state index in [0.717, 1.165) is 66.7 Å². The standard InChI is InChI=1S/C21H26N6O3S/c1-12-6-10-30-19-16(11-23-27(12)19)31(22,29)26-20(28)25-17-13-3-2-4-15(13)24-18-14(17)5-7-21(18)8-9-21/h11-12H,2-10H2,1H3,(H3,22,24,25,26,28,29). The van der Waals surface area contributed by atoms with Crippen molar-refractivity contribution in [2.24, 2.45) is 9.50 Å². The van der Waals surface area contributed by atoms with Crippen LogP contribution >= 0.6 is 0 Å². The zero-order chi connectivity index (χ0) is 21.4. The van der Waals surface area contributed by atoms with Crippen LogP contribution in [0.2, 0.25) is 0 Å². The molecular formula is C21H26N6O3S. The van der Waals surface area contributed by atoms with Crippen LogP contribution in [-0.2, 0) is 34.6 Å². The van der Waals surface area contributed by atoms with E-state index < -0.39 is 15.9 Å². The van der Waals surface area contributed by atoms with Crippen LogP contribution < -0.4 is 15.2 Å². The average molecular weight is 443 g/mol. The first-order valence-electron chi connectivity index (χ1n) is 11.0. The Hall–Kier alpha value is -2.46. The first-order valence-corrected chi connectivity index (χ1v) is 12.6. The molecule has 1 fully saturated rings. The second kappa shape index (κ2) is 6.52. The number of carbonyl (C=O) groups is 1. The number of hydrogen-bond acceptors (Lipinski definition) is 5. The van der Waals surface area contributed by atoms with Gasteiger partial charge in [0.25, 0.3) is 0 Å². The third-order valence-electron chi connectivity index (χ3n) is 7.21. The van der Waals surface area contributed by atoms with Crippen molar-refractivity contribution in [1.29, 1.82) is 0 Å². The fourth-order valence-corrected chi connectivity index (χ4v) is 6.31. The molecule has 2 unspecified atom stereocenters. The summed E-state index contributed by atoms with van der Waals surface area (Å²) in [4.78, 5) is 18.1. The topological polar surface area (TPSA) is 124 Å². The number of nitrogens with one attached hydrogen (secondary N) is 1. The summed E-state index contributed by atoms with van der Waals surface area (Å²) < 4.78 is 24.4. The number of nitrogens with two attached hydrogens (primary N) is 1. The summed E-state index contributed by atoms with van der Waals surface area (Å²) in [5.74, 6) is 0.337. The van der Waals surface area contributed by atoms with Crippen molar-refractivity contribution < 1.29 is 13.7 Å². The zero-order valence-corrected chi connectivity index (χ0v) is 18.3. The maximum Gasteiger partial charge on any atom is 0.354 e. The Balaban J connectivity index is 1.36. The molecule has 1 spiro atoms. The number of urea groups is 1. The Morgan fingerprint density at radius 3 is 2.97 bits per heavy atom. The van der Waals surface area contributed by atoms with Crippen LogP contribution in [0.5, 0.6) is 5.88 Å². The van der Waals surface area contributed by atoms with Gasteiger partial charge < -0.3 is 10.1 Å². The lowest BCUT2D eigenvalue weighted by Crippen LogP contribution is -2.22. The van der Waals surface area contributed by atoms with Crippen molar-refractivity contribution in [3.05, 3.63) is 28.7 Å². The fraction of sp³-hybridized carbons (Fsp3) is 0.571. The Kier molecular flexibility index (Phi) is 4.05. The molecule has 6 rings (SSSR count). The van der Waals surface area contributed by atoms with Crippen molar-refractivity contribution in [3.8, 4) is 5.88 Å². The summed E-state index contributed by atoms with van der Waals surface area (Å²) in [6.07, 6.45) is 9.39. The molecule has 0 bridgehead atoms. The largest absolute Gasteiger partial charge is 0.477 e. The monoisotopic (exact) mass is 442 g/mol. The highest BCUT2D eigenvalue weighted by Crippen LogP contribution is 2.58. The highest BCUT2D eigenvalue weighted by molar-refractivity contribution is 7.91. The van der Waals surface area contributed by atoms with Crippen molar-refractivity contribution in [3.63, 3.8) is 0 Å². The molecule has 0 radical (unpaired) electrons. The van der Waals surface area contributed by atoms with E-state index in [4.69, 9.17) is 14.9 Å². The molecule has 10 heteroatoms. The number of nitrogens with zero attached hydrogens (tertiary/aromatic N) is 4. The lowest BCUT2D eigenvalue weighted by molar-refractivity contribution is 0.196. The number of anilines is 1. The average Bonchev–Trinajstić information content (AvgIpc) is 3.07. The summed E-state index contributed by atoms with van der Waals surface area (Å²) in [5, 5.41) is 13.2. The van der Waals surface area contributed by atoms with E-state index >= 15 is 0 Å². The second-order valence-corrected chi connectivity index (χ2v) is 11.0. The molecule has 2 atom stereocenters. The first-order chi connectivity index (χ1) is 14.9. The van der Waals surface area contributed by atoms with Gasteiger partial charge in [0.2, 0.25) is 5.88 Å². The maximum atomic E-state index is 13.2. The number of amides is 2. The molecule has 3 N–H and O–H groups in total. The molecule has 164 valence electrons. The molecule has 2 aromatic rings. The van der Waals surface area contributed by atoms with Gasteiger partial charge in [0.15, 0.2) is 9.92 Å². The van der Waals surface area contributed by atoms with Crippen LogP contribution in [-0.4, -0.2) is 31.6 Å². The summed E-state index contributed by atoms with van der Waals surface area (Å²) >= 11 is 0. The SMILES string of the molecule is CC1CCOc2c(S(N)(=O)=NC(=O)Nc3c4c(nc5c3CCC53CC3)CCC4)cnn21. The lowest BCUT2D eigenvalue weighted by Gasteiger charge is -2.22. The number of carbonyl (C=O) groups excluding carboxylic acids is 1. The second-order valence-electron chi connectivity index (χ2n) is 9.21. The third-order valence-corrected chi connectivity index (χ3v) is 8.56. The van der Waals surface area contributed by atoms with E-state index in [1.54, 1.807) is 4.68 Å². The third kappa shape index (κ3) is 2.91. The zero-order valence-electron chi connectivity index (χ0n) is 17.5. The van der Waals surface area contributed by atoms with E-state index in [2.05, 4.69) is 14.8 Å². The minimum Gasteiger partial charge on any atom is -0.477 e. The van der Waals surface area contributed by atoms with Crippen molar-refractivity contribution in [2.45, 2.75) is 74.6 Å². The molecule has 1 aliphatic heterocycles. The maximum absolute atomic E-state index is 13.2. The molecular weight excluding hydrogens is 416 g/mol. The van der Waals surface area contributed by atoms with Gasteiger partial charge in [-0.05, 0) is 63.0 Å². The van der Waals surface area contributed by atoms with E-state index in [-0.39, 0.29) is 16.4 Å². The van der Waals surface area contributed by atoms with Crippen molar-refractivity contribution in [1.82, 2.24) is 14.8 Å². The Morgan fingerprint density at radius 2 is 2.16 bits per heavy atom. The van der Waals surface area contributed by atoms with E-state index in [9.17, 15) is 9.00 Å². The number of ether oxygens (including phenoxy) is 1. The molecule has 1 saturated carbocycles. The van der Waals surface area contributed by atoms with Crippen LogP contribution in [0.3, 0.4) is 0 Å². The van der Waals surface area contributed by atoms with Crippen LogP contribution in [0.25, 0.3) is 0 Å². The van der Waals surface area contributed by atoms with E-state index in [0.29, 0.717) is 12.5 Å². The molecule has 0 saturated heterocycles. The molecule has 9 nitrogen and oxygen atoms in total. The Morgan fingerprint density at radius 1 is 1.32 bits per heavy atom. The number of aromatic nitrogens is 3. The van der Waals surface area contributed by atoms with Crippen molar-refractivity contribution in [2.75, 3.05) is 11.9 Å². The van der Waals surface area contributed by atoms with Gasteiger partial charge >= 0.3 is 6.03 Å². The van der Waals surface area contributed by atoms with Gasteiger partial charge in [-0.1, -0.05) is 0 Å². The van der Waals surface area contributed by atoms with Gasteiger partial charge in [-0.3, -0.25) is 4.98 Å². The normalized spacial score (nSPS) is 24.0. The predicted octanol–water partition coefficient (Wildman–Crippen LogP) is 3.02. The fourth-order valence-electron chi connectivity index (χ4n) is 5.31. The molecule has 3 heterocycles. The van der Waals surface area contributed by atoms with Crippen LogP contribution in [0.4, 0.5) is 10.5 Å². The number of fused-ring (bicyclic) bond motifs is 4. The number of pyridine rings is 1. The first kappa shape index (κ1) is 19.2. The summed E-state index contributed by atoms with van der Waals surface area (Å²) in [6, 6.07) is -0.589. The Labute approximate surface area is 181 Å². The van der Waals surface area contributed by atoms with E-state index in [1.165, 1.54) is 19.0 Å². The highest BCUT2D eigenvalue weighted by atomic mass is 32.2. The minimum absolute atomic E-state index is 0.110. The molecule has 0 aromatic carbocycles. The van der Waals surface area contributed by atoms with Gasteiger partial charge in [0.05, 0.1) is 30.2 Å². The molecule has 4 aliphatic rings. The van der Waals surface area contributed by atoms with Crippen LogP contribution in [0.1, 0.15) is 67.6 Å². The van der Waals surface area contributed by atoms with Crippen molar-refractivity contribution >= 4 is 21.6 Å². The van der Waals surface area contributed by atoms with Crippen LogP contribution in [0, 0.1) is 0 Å². The minimum atomic E-state index is -3.50. The smallest absolute Gasteiger partial charge is 0.354 e. The number of aryl methyl sites for hydroxylation is 1. The molecule has 3 aliphatic carbocycles. The predicted molar refractivity (Wildman–Crippen MR) is 115 cm³/mol. The number of rotatable bonds is 2. The van der Waals surface area contributed by atoms with Gasteiger partial charge in [-0.2, -0.15) is 5.10 Å². The lowest BCUT2D eigenvalue weighted by atomic mass is 10.0. The van der Waals surface area contributed by atoms with Gasteiger partial charge in [-0.25, -0.2) is 18.8 Å². The summed E-state index contributed by atoms with van der Waals surface area (Å²) in [6.45, 7) is 2.49.